The van der Waals surface area contributed by atoms with Crippen molar-refractivity contribution in [3.05, 3.63) is 0 Å². The molecule has 0 bridgehead atoms. The number of alkyl halides is 1. The lowest BCUT2D eigenvalue weighted by molar-refractivity contribution is 0.338. The van der Waals surface area contributed by atoms with Gasteiger partial charge < -0.3 is 5.73 Å². The van der Waals surface area contributed by atoms with E-state index < -0.39 is 0 Å². The quantitative estimate of drug-likeness (QED) is 0.545. The molecule has 0 aromatic rings. The van der Waals surface area contributed by atoms with Crippen LogP contribution in [0.3, 0.4) is 0 Å². The topological polar surface area (TPSA) is 26.0 Å². The fraction of sp³-hybridized carbons (Fsp3) is 1.00. The highest BCUT2D eigenvalue weighted by atomic mass is 79.9. The second kappa shape index (κ2) is 4.35. The van der Waals surface area contributed by atoms with Crippen LogP contribution in [0.2, 0.25) is 0 Å². The van der Waals surface area contributed by atoms with Crippen LogP contribution in [0.5, 0.6) is 0 Å². The van der Waals surface area contributed by atoms with Crippen molar-refractivity contribution < 1.29 is 0 Å². The van der Waals surface area contributed by atoms with Gasteiger partial charge in [0, 0.05) is 0 Å². The van der Waals surface area contributed by atoms with Crippen LogP contribution in [-0.2, 0) is 0 Å². The molecule has 1 nitrogen and oxygen atoms in total. The summed E-state index contributed by atoms with van der Waals surface area (Å²) in [5.74, 6) is 0.906. The van der Waals surface area contributed by atoms with E-state index >= 15 is 0 Å². The van der Waals surface area contributed by atoms with E-state index in [2.05, 4.69) is 15.9 Å². The Balaban J connectivity index is 2.13. The Morgan fingerprint density at radius 2 is 1.90 bits per heavy atom. The van der Waals surface area contributed by atoms with E-state index in [0.29, 0.717) is 0 Å². The van der Waals surface area contributed by atoms with Crippen molar-refractivity contribution in [2.24, 2.45) is 11.7 Å². The summed E-state index contributed by atoms with van der Waals surface area (Å²) in [6, 6.07) is 0. The predicted octanol–water partition coefficient (Wildman–Crippen LogP) is 2.64. The Labute approximate surface area is 71.5 Å². The lowest BCUT2D eigenvalue weighted by atomic mass is 9.87. The molecule has 60 valence electrons. The van der Waals surface area contributed by atoms with Crippen molar-refractivity contribution in [1.82, 2.24) is 0 Å². The molecule has 1 rings (SSSR count). The molecule has 0 radical (unpaired) electrons. The Kier molecular flexibility index (Phi) is 3.71. The summed E-state index contributed by atoms with van der Waals surface area (Å²) in [6.45, 7) is 0. The van der Waals surface area contributed by atoms with E-state index in [1.165, 1.54) is 38.5 Å². The number of hydrogen-bond donors (Lipinski definition) is 1. The van der Waals surface area contributed by atoms with E-state index in [9.17, 15) is 0 Å². The lowest BCUT2D eigenvalue weighted by Gasteiger charge is -2.22. The van der Waals surface area contributed by atoms with Crippen LogP contribution in [-0.4, -0.2) is 4.95 Å². The second-order valence-corrected chi connectivity index (χ2v) is 4.43. The van der Waals surface area contributed by atoms with Crippen LogP contribution in [0.25, 0.3) is 0 Å². The van der Waals surface area contributed by atoms with Crippen molar-refractivity contribution in [1.29, 1.82) is 0 Å². The zero-order valence-corrected chi connectivity index (χ0v) is 7.94. The highest BCUT2D eigenvalue weighted by molar-refractivity contribution is 9.09. The molecule has 1 aliphatic carbocycles. The minimum Gasteiger partial charge on any atom is -0.319 e. The molecule has 0 saturated heterocycles. The Morgan fingerprint density at radius 1 is 1.30 bits per heavy atom. The summed E-state index contributed by atoms with van der Waals surface area (Å²) in [5.41, 5.74) is 5.64. The number of hydrogen-bond acceptors (Lipinski definition) is 1. The van der Waals surface area contributed by atoms with Crippen molar-refractivity contribution in [3.8, 4) is 0 Å². The maximum Gasteiger partial charge on any atom is 0.0608 e. The molecule has 10 heavy (non-hydrogen) atoms. The van der Waals surface area contributed by atoms with Gasteiger partial charge in [-0.3, -0.25) is 0 Å². The Morgan fingerprint density at radius 3 is 2.40 bits per heavy atom. The van der Waals surface area contributed by atoms with Crippen LogP contribution < -0.4 is 5.73 Å². The molecule has 0 aliphatic heterocycles. The normalized spacial score (nSPS) is 24.6. The van der Waals surface area contributed by atoms with Gasteiger partial charge in [0.15, 0.2) is 0 Å². The fourth-order valence-electron chi connectivity index (χ4n) is 1.74. The third-order valence-corrected chi connectivity index (χ3v) is 2.66. The first-order valence-corrected chi connectivity index (χ1v) is 5.10. The van der Waals surface area contributed by atoms with Crippen molar-refractivity contribution >= 4 is 15.9 Å². The predicted molar refractivity (Wildman–Crippen MR) is 48.1 cm³/mol. The van der Waals surface area contributed by atoms with Crippen LogP contribution in [0, 0.1) is 5.92 Å². The van der Waals surface area contributed by atoms with E-state index in [-0.39, 0.29) is 4.95 Å². The summed E-state index contributed by atoms with van der Waals surface area (Å²) < 4.78 is 0. The zero-order chi connectivity index (χ0) is 7.40. The molecule has 0 aromatic carbocycles. The molecular weight excluding hydrogens is 190 g/mol. The van der Waals surface area contributed by atoms with Crippen LogP contribution in [0.15, 0.2) is 0 Å². The van der Waals surface area contributed by atoms with Gasteiger partial charge in [0.1, 0.15) is 0 Å². The molecule has 2 N–H and O–H groups in total. The molecule has 1 atom stereocenters. The average Bonchev–Trinajstić information content (AvgIpc) is 1.88. The lowest BCUT2D eigenvalue weighted by Crippen LogP contribution is -2.18. The molecule has 0 heterocycles. The van der Waals surface area contributed by atoms with E-state index in [0.717, 1.165) is 5.92 Å². The standard InChI is InChI=1S/C8H16BrN/c9-8(10)6-7-4-2-1-3-5-7/h7-8H,1-6,10H2. The Bertz CT molecular complexity index is 87.3. The van der Waals surface area contributed by atoms with Crippen molar-refractivity contribution in [2.45, 2.75) is 43.5 Å². The molecule has 2 heteroatoms. The van der Waals surface area contributed by atoms with E-state index in [1.54, 1.807) is 0 Å². The van der Waals surface area contributed by atoms with Gasteiger partial charge in [-0.15, -0.1) is 0 Å². The maximum absolute atomic E-state index is 5.64. The van der Waals surface area contributed by atoms with E-state index in [1.807, 2.05) is 0 Å². The summed E-state index contributed by atoms with van der Waals surface area (Å²) in [6.07, 6.45) is 8.25. The summed E-state index contributed by atoms with van der Waals surface area (Å²) in [4.78, 5) is 0.232. The highest BCUT2D eigenvalue weighted by Gasteiger charge is 2.14. The third-order valence-electron chi connectivity index (χ3n) is 2.28. The van der Waals surface area contributed by atoms with Gasteiger partial charge in [0.2, 0.25) is 0 Å². The highest BCUT2D eigenvalue weighted by Crippen LogP contribution is 2.27. The largest absolute Gasteiger partial charge is 0.319 e. The van der Waals surface area contributed by atoms with Crippen molar-refractivity contribution in [3.63, 3.8) is 0 Å². The van der Waals surface area contributed by atoms with Gasteiger partial charge in [-0.05, 0) is 12.3 Å². The number of halogens is 1. The number of nitrogens with two attached hydrogens (primary N) is 1. The first kappa shape index (κ1) is 8.54. The zero-order valence-electron chi connectivity index (χ0n) is 6.35. The molecule has 0 amide bonds. The van der Waals surface area contributed by atoms with Crippen LogP contribution in [0.4, 0.5) is 0 Å². The van der Waals surface area contributed by atoms with Gasteiger partial charge in [-0.1, -0.05) is 48.0 Å². The smallest absolute Gasteiger partial charge is 0.0608 e. The third kappa shape index (κ3) is 3.02. The molecule has 1 aliphatic rings. The molecule has 1 fully saturated rings. The Hall–Kier alpha value is 0.440. The van der Waals surface area contributed by atoms with E-state index in [4.69, 9.17) is 5.73 Å². The van der Waals surface area contributed by atoms with Gasteiger partial charge >= 0.3 is 0 Å². The minimum atomic E-state index is 0.232. The summed E-state index contributed by atoms with van der Waals surface area (Å²) in [7, 11) is 0. The molecule has 0 spiro atoms. The van der Waals surface area contributed by atoms with Gasteiger partial charge in [0.25, 0.3) is 0 Å². The second-order valence-electron chi connectivity index (χ2n) is 3.26. The van der Waals surface area contributed by atoms with Gasteiger partial charge in [-0.25, -0.2) is 0 Å². The first-order chi connectivity index (χ1) is 4.79. The first-order valence-electron chi connectivity index (χ1n) is 4.18. The van der Waals surface area contributed by atoms with Gasteiger partial charge in [0.05, 0.1) is 4.95 Å². The molecule has 1 saturated carbocycles. The SMILES string of the molecule is NC(Br)CC1CCCCC1. The minimum absolute atomic E-state index is 0.232. The fourth-order valence-corrected chi connectivity index (χ4v) is 2.27. The maximum atomic E-state index is 5.64. The molecule has 1 unspecified atom stereocenters. The number of rotatable bonds is 2. The van der Waals surface area contributed by atoms with Crippen LogP contribution >= 0.6 is 15.9 Å². The monoisotopic (exact) mass is 205 g/mol. The molecular formula is C8H16BrN. The molecule has 0 aromatic heterocycles. The average molecular weight is 206 g/mol. The van der Waals surface area contributed by atoms with Crippen LogP contribution in [0.1, 0.15) is 38.5 Å². The summed E-state index contributed by atoms with van der Waals surface area (Å²) in [5, 5.41) is 0. The van der Waals surface area contributed by atoms with Crippen molar-refractivity contribution in [2.75, 3.05) is 0 Å². The van der Waals surface area contributed by atoms with Gasteiger partial charge in [-0.2, -0.15) is 0 Å². The summed E-state index contributed by atoms with van der Waals surface area (Å²) >= 11 is 3.39.